The number of anilines is 1. The normalized spacial score (nSPS) is 14.3. The molecule has 0 radical (unpaired) electrons. The highest BCUT2D eigenvalue weighted by atomic mass is 127. The number of hydrogen-bond acceptors (Lipinski definition) is 3. The summed E-state index contributed by atoms with van der Waals surface area (Å²) in [6, 6.07) is 14.2. The van der Waals surface area contributed by atoms with Crippen LogP contribution in [0.15, 0.2) is 53.5 Å². The Kier molecular flexibility index (Phi) is 8.88. The molecule has 0 saturated carbocycles. The van der Waals surface area contributed by atoms with Crippen LogP contribution in [0.25, 0.3) is 0 Å². The Labute approximate surface area is 194 Å². The first-order valence-corrected chi connectivity index (χ1v) is 9.80. The quantitative estimate of drug-likeness (QED) is 0.371. The molecule has 0 unspecified atom stereocenters. The fraction of sp³-hybridized carbons (Fsp3) is 0.364. The molecule has 1 heterocycles. The number of nitrogens with zero attached hydrogens (tertiary/aromatic N) is 4. The Hall–Kier alpha value is -2.36. The van der Waals surface area contributed by atoms with Crippen LogP contribution in [0.1, 0.15) is 15.9 Å². The van der Waals surface area contributed by atoms with Gasteiger partial charge in [-0.3, -0.25) is 9.79 Å². The Morgan fingerprint density at radius 1 is 1.10 bits per heavy atom. The van der Waals surface area contributed by atoms with E-state index in [-0.39, 0.29) is 35.7 Å². The molecule has 0 spiro atoms. The lowest BCUT2D eigenvalue weighted by Crippen LogP contribution is -2.51. The molecular formula is C22H29FIN5O. The van der Waals surface area contributed by atoms with Gasteiger partial charge in [-0.1, -0.05) is 12.1 Å². The second-order valence-corrected chi connectivity index (χ2v) is 7.34. The fourth-order valence-corrected chi connectivity index (χ4v) is 3.36. The molecular weight excluding hydrogens is 496 g/mol. The van der Waals surface area contributed by atoms with Crippen molar-refractivity contribution in [1.82, 2.24) is 9.80 Å². The van der Waals surface area contributed by atoms with Gasteiger partial charge in [0, 0.05) is 58.1 Å². The summed E-state index contributed by atoms with van der Waals surface area (Å²) in [5, 5.41) is 0. The van der Waals surface area contributed by atoms with E-state index in [2.05, 4.69) is 14.8 Å². The number of guanidine groups is 1. The van der Waals surface area contributed by atoms with Gasteiger partial charge in [0.2, 0.25) is 0 Å². The second-order valence-electron chi connectivity index (χ2n) is 7.34. The summed E-state index contributed by atoms with van der Waals surface area (Å²) in [4.78, 5) is 22.5. The molecule has 1 aliphatic rings. The van der Waals surface area contributed by atoms with Crippen molar-refractivity contribution in [3.63, 3.8) is 0 Å². The Morgan fingerprint density at radius 2 is 1.77 bits per heavy atom. The van der Waals surface area contributed by atoms with Crippen LogP contribution in [0, 0.1) is 5.82 Å². The van der Waals surface area contributed by atoms with Crippen LogP contribution in [-0.2, 0) is 6.42 Å². The molecule has 1 aliphatic heterocycles. The van der Waals surface area contributed by atoms with Gasteiger partial charge in [-0.25, -0.2) is 4.39 Å². The minimum atomic E-state index is -0.222. The standard InChI is InChI=1S/C22H28FN5O.HI/c1-26(2)21(29)18-5-3-4-17(16-18)10-11-25-22(24)28-14-12-27(13-15-28)20-8-6-19(23)7-9-20;/h3-9,16H,10-15H2,1-2H3,(H2,24,25);1H. The first-order chi connectivity index (χ1) is 13.9. The van der Waals surface area contributed by atoms with Crippen LogP contribution in [0.5, 0.6) is 0 Å². The largest absolute Gasteiger partial charge is 0.370 e. The predicted molar refractivity (Wildman–Crippen MR) is 130 cm³/mol. The average molecular weight is 525 g/mol. The second kappa shape index (κ2) is 11.1. The molecule has 1 amide bonds. The number of halogens is 2. The molecule has 3 rings (SSSR count). The van der Waals surface area contributed by atoms with Crippen molar-refractivity contribution in [3.05, 3.63) is 65.5 Å². The van der Waals surface area contributed by atoms with Crippen LogP contribution in [0.4, 0.5) is 10.1 Å². The zero-order valence-electron chi connectivity index (χ0n) is 17.4. The lowest BCUT2D eigenvalue weighted by atomic mass is 10.1. The van der Waals surface area contributed by atoms with Gasteiger partial charge in [-0.2, -0.15) is 0 Å². The third kappa shape index (κ3) is 6.32. The molecule has 8 heteroatoms. The molecule has 2 aromatic carbocycles. The van der Waals surface area contributed by atoms with Crippen molar-refractivity contribution in [1.29, 1.82) is 0 Å². The van der Waals surface area contributed by atoms with Gasteiger partial charge in [-0.15, -0.1) is 24.0 Å². The van der Waals surface area contributed by atoms with E-state index in [9.17, 15) is 9.18 Å². The third-order valence-electron chi connectivity index (χ3n) is 5.05. The number of piperazine rings is 1. The number of aliphatic imine (C=N–C) groups is 1. The first-order valence-electron chi connectivity index (χ1n) is 9.80. The number of amides is 1. The average Bonchev–Trinajstić information content (AvgIpc) is 2.74. The van der Waals surface area contributed by atoms with Crippen molar-refractivity contribution < 1.29 is 9.18 Å². The monoisotopic (exact) mass is 525 g/mol. The Bertz CT molecular complexity index is 864. The van der Waals surface area contributed by atoms with E-state index >= 15 is 0 Å². The van der Waals surface area contributed by atoms with Gasteiger partial charge in [0.1, 0.15) is 5.82 Å². The third-order valence-corrected chi connectivity index (χ3v) is 5.05. The fourth-order valence-electron chi connectivity index (χ4n) is 3.36. The van der Waals surface area contributed by atoms with Gasteiger partial charge in [0.05, 0.1) is 0 Å². The van der Waals surface area contributed by atoms with Gasteiger partial charge >= 0.3 is 0 Å². The predicted octanol–water partition coefficient (Wildman–Crippen LogP) is 2.82. The number of benzene rings is 2. The highest BCUT2D eigenvalue weighted by Crippen LogP contribution is 2.17. The van der Waals surface area contributed by atoms with Gasteiger partial charge < -0.3 is 20.4 Å². The molecule has 0 aliphatic carbocycles. The minimum Gasteiger partial charge on any atom is -0.370 e. The summed E-state index contributed by atoms with van der Waals surface area (Å²) in [6.45, 7) is 3.76. The Balaban J connectivity index is 0.00000320. The van der Waals surface area contributed by atoms with E-state index in [0.717, 1.165) is 43.9 Å². The highest BCUT2D eigenvalue weighted by molar-refractivity contribution is 14.0. The number of nitrogens with two attached hydrogens (primary N) is 1. The van der Waals surface area contributed by atoms with E-state index < -0.39 is 0 Å². The van der Waals surface area contributed by atoms with Crippen LogP contribution in [-0.4, -0.2) is 68.5 Å². The van der Waals surface area contributed by atoms with E-state index in [1.807, 2.05) is 24.3 Å². The van der Waals surface area contributed by atoms with E-state index in [0.29, 0.717) is 18.1 Å². The smallest absolute Gasteiger partial charge is 0.253 e. The Morgan fingerprint density at radius 3 is 2.40 bits per heavy atom. The molecule has 0 aromatic heterocycles. The maximum atomic E-state index is 13.1. The van der Waals surface area contributed by atoms with Gasteiger partial charge in [0.15, 0.2) is 5.96 Å². The highest BCUT2D eigenvalue weighted by Gasteiger charge is 2.18. The summed E-state index contributed by atoms with van der Waals surface area (Å²) < 4.78 is 13.1. The van der Waals surface area contributed by atoms with Crippen molar-refractivity contribution in [2.45, 2.75) is 6.42 Å². The summed E-state index contributed by atoms with van der Waals surface area (Å²) in [5.74, 6) is 0.318. The summed E-state index contributed by atoms with van der Waals surface area (Å²) in [6.07, 6.45) is 0.727. The zero-order chi connectivity index (χ0) is 20.8. The van der Waals surface area contributed by atoms with E-state index in [1.54, 1.807) is 31.1 Å². The van der Waals surface area contributed by atoms with Crippen LogP contribution in [0.3, 0.4) is 0 Å². The maximum Gasteiger partial charge on any atom is 0.253 e. The molecule has 6 nitrogen and oxygen atoms in total. The number of rotatable bonds is 5. The van der Waals surface area contributed by atoms with Crippen molar-refractivity contribution in [3.8, 4) is 0 Å². The van der Waals surface area contributed by atoms with E-state index in [1.165, 1.54) is 12.1 Å². The van der Waals surface area contributed by atoms with E-state index in [4.69, 9.17) is 5.73 Å². The summed E-state index contributed by atoms with van der Waals surface area (Å²) >= 11 is 0. The van der Waals surface area contributed by atoms with Crippen LogP contribution < -0.4 is 10.6 Å². The van der Waals surface area contributed by atoms with Gasteiger partial charge in [-0.05, 0) is 48.4 Å². The molecule has 1 saturated heterocycles. The molecule has 1 fully saturated rings. The summed E-state index contributed by atoms with van der Waals surface area (Å²) in [5.41, 5.74) is 8.95. The van der Waals surface area contributed by atoms with Crippen LogP contribution >= 0.6 is 24.0 Å². The minimum absolute atomic E-state index is 0. The van der Waals surface area contributed by atoms with Crippen molar-refractivity contribution in [2.24, 2.45) is 10.7 Å². The topological polar surface area (TPSA) is 65.2 Å². The molecule has 30 heavy (non-hydrogen) atoms. The number of hydrogen-bond donors (Lipinski definition) is 1. The van der Waals surface area contributed by atoms with Crippen LogP contribution in [0.2, 0.25) is 0 Å². The number of carbonyl (C=O) groups excluding carboxylic acids is 1. The SMILES string of the molecule is CN(C)C(=O)c1cccc(CCN=C(N)N2CCN(c3ccc(F)cc3)CC2)c1.I. The molecule has 2 N–H and O–H groups in total. The van der Waals surface area contributed by atoms with Gasteiger partial charge in [0.25, 0.3) is 5.91 Å². The summed E-state index contributed by atoms with van der Waals surface area (Å²) in [7, 11) is 3.49. The van der Waals surface area contributed by atoms with Crippen molar-refractivity contribution in [2.75, 3.05) is 51.7 Å². The maximum absolute atomic E-state index is 13.1. The molecule has 2 aromatic rings. The zero-order valence-corrected chi connectivity index (χ0v) is 19.8. The first kappa shape index (κ1) is 23.9. The van der Waals surface area contributed by atoms with Crippen molar-refractivity contribution >= 4 is 41.5 Å². The lowest BCUT2D eigenvalue weighted by molar-refractivity contribution is 0.0827. The molecule has 0 atom stereocenters. The molecule has 162 valence electrons. The molecule has 0 bridgehead atoms. The number of carbonyl (C=O) groups is 1. The lowest BCUT2D eigenvalue weighted by Gasteiger charge is -2.36.